The quantitative estimate of drug-likeness (QED) is 0.343. The van der Waals surface area contributed by atoms with E-state index < -0.39 is 0 Å². The molecule has 0 radical (unpaired) electrons. The van der Waals surface area contributed by atoms with Gasteiger partial charge in [-0.3, -0.25) is 0 Å². The van der Waals surface area contributed by atoms with Crippen LogP contribution in [0.4, 0.5) is 0 Å². The van der Waals surface area contributed by atoms with Gasteiger partial charge in [0.25, 0.3) is 0 Å². The van der Waals surface area contributed by atoms with Crippen LogP contribution in [0.5, 0.6) is 0 Å². The summed E-state index contributed by atoms with van der Waals surface area (Å²) in [7, 11) is 0. The van der Waals surface area contributed by atoms with Gasteiger partial charge < -0.3 is 15.6 Å². The summed E-state index contributed by atoms with van der Waals surface area (Å²) in [5.41, 5.74) is 0. The van der Waals surface area contributed by atoms with Gasteiger partial charge in [-0.05, 0) is 32.9 Å². The molecular weight excluding hydrogens is 144 g/mol. The van der Waals surface area contributed by atoms with Crippen molar-refractivity contribution < 1.29 is 10.3 Å². The average Bonchev–Trinajstić information content (AvgIpc) is 2.02. The van der Waals surface area contributed by atoms with E-state index in [1.54, 1.807) is 0 Å². The van der Waals surface area contributed by atoms with Gasteiger partial charge in [-0.1, -0.05) is 6.92 Å². The van der Waals surface area contributed by atoms with Crippen LogP contribution in [-0.2, 0) is 0 Å². The van der Waals surface area contributed by atoms with E-state index in [2.05, 4.69) is 18.1 Å². The molecule has 0 aromatic heterocycles. The lowest BCUT2D eigenvalue weighted by Crippen LogP contribution is -2.19. The molecule has 0 aliphatic carbocycles. The largest absolute Gasteiger partial charge is 0.393 e. The minimum Gasteiger partial charge on any atom is -0.393 e. The Labute approximate surface area is 68.4 Å². The van der Waals surface area contributed by atoms with Gasteiger partial charge in [0.2, 0.25) is 0 Å². The van der Waals surface area contributed by atoms with Crippen LogP contribution in [0.1, 0.15) is 26.7 Å². The smallest absolute Gasteiger partial charge is 0.0524 e. The first-order chi connectivity index (χ1) is 5.27. The summed E-state index contributed by atoms with van der Waals surface area (Å²) >= 11 is 0. The van der Waals surface area contributed by atoms with Gasteiger partial charge in [0.05, 0.1) is 6.10 Å². The van der Waals surface area contributed by atoms with Crippen molar-refractivity contribution in [3.8, 4) is 0 Å². The molecule has 0 spiro atoms. The van der Waals surface area contributed by atoms with Crippen molar-refractivity contribution in [2.24, 2.45) is 5.90 Å². The van der Waals surface area contributed by atoms with Crippen molar-refractivity contribution in [3.63, 3.8) is 0 Å². The van der Waals surface area contributed by atoms with Crippen LogP contribution in [0.25, 0.3) is 0 Å². The van der Waals surface area contributed by atoms with Gasteiger partial charge in [0.15, 0.2) is 0 Å². The van der Waals surface area contributed by atoms with Crippen LogP contribution < -0.4 is 11.2 Å². The van der Waals surface area contributed by atoms with Crippen molar-refractivity contribution in [1.29, 1.82) is 0 Å². The molecule has 0 aromatic rings. The Morgan fingerprint density at radius 1 is 1.36 bits per heavy atom. The number of hydrogen-bond acceptors (Lipinski definition) is 4. The van der Waals surface area contributed by atoms with E-state index >= 15 is 0 Å². The highest BCUT2D eigenvalue weighted by molar-refractivity contribution is 4.50. The fourth-order valence-electron chi connectivity index (χ4n) is 0.613. The SMILES string of the molecule is CCCNCCC(C)O.NO. The van der Waals surface area contributed by atoms with E-state index in [-0.39, 0.29) is 6.10 Å². The third-order valence-corrected chi connectivity index (χ3v) is 1.17. The van der Waals surface area contributed by atoms with E-state index in [0.29, 0.717) is 0 Å². The lowest BCUT2D eigenvalue weighted by Gasteiger charge is -2.03. The Balaban J connectivity index is 0. The maximum atomic E-state index is 8.81. The Morgan fingerprint density at radius 2 is 1.91 bits per heavy atom. The molecule has 70 valence electrons. The van der Waals surface area contributed by atoms with Crippen molar-refractivity contribution in [2.45, 2.75) is 32.8 Å². The third kappa shape index (κ3) is 17.7. The molecule has 0 aliphatic heterocycles. The zero-order valence-corrected chi connectivity index (χ0v) is 7.38. The van der Waals surface area contributed by atoms with Crippen LogP contribution >= 0.6 is 0 Å². The number of rotatable bonds is 5. The standard InChI is InChI=1S/C7H17NO.H3NO/c1-3-5-8-6-4-7(2)9;1-2/h7-9H,3-6H2,1-2H3;2H,1H2. The molecule has 0 amide bonds. The Morgan fingerprint density at radius 3 is 2.27 bits per heavy atom. The molecule has 1 atom stereocenters. The highest BCUT2D eigenvalue weighted by atomic mass is 16.4. The van der Waals surface area contributed by atoms with Gasteiger partial charge in [-0.15, -0.1) is 0 Å². The lowest BCUT2D eigenvalue weighted by molar-refractivity contribution is 0.184. The normalized spacial score (nSPS) is 11.7. The topological polar surface area (TPSA) is 78.5 Å². The zero-order chi connectivity index (χ0) is 9.11. The summed E-state index contributed by atoms with van der Waals surface area (Å²) < 4.78 is 0. The second kappa shape index (κ2) is 12.5. The number of hydrogen-bond donors (Lipinski definition) is 4. The first-order valence-corrected chi connectivity index (χ1v) is 3.92. The number of nitrogens with one attached hydrogen (secondary N) is 1. The minimum atomic E-state index is -0.158. The molecule has 0 saturated heterocycles. The van der Waals surface area contributed by atoms with E-state index in [1.165, 1.54) is 6.42 Å². The summed E-state index contributed by atoms with van der Waals surface area (Å²) in [5.74, 6) is 3.50. The molecule has 0 aliphatic rings. The minimum absolute atomic E-state index is 0.158. The van der Waals surface area contributed by atoms with Crippen molar-refractivity contribution in [2.75, 3.05) is 13.1 Å². The van der Waals surface area contributed by atoms with Crippen LogP contribution in [0.15, 0.2) is 0 Å². The molecular formula is C7H20N2O2. The Kier molecular flexibility index (Phi) is 15.3. The van der Waals surface area contributed by atoms with Crippen molar-refractivity contribution in [3.05, 3.63) is 0 Å². The average molecular weight is 164 g/mol. The molecule has 0 bridgehead atoms. The summed E-state index contributed by atoms with van der Waals surface area (Å²) in [4.78, 5) is 0. The van der Waals surface area contributed by atoms with E-state index in [1.807, 2.05) is 6.92 Å². The molecule has 5 N–H and O–H groups in total. The molecule has 4 nitrogen and oxygen atoms in total. The molecule has 0 fully saturated rings. The first-order valence-electron chi connectivity index (χ1n) is 3.92. The molecule has 4 heteroatoms. The number of aliphatic hydroxyl groups excluding tert-OH is 1. The monoisotopic (exact) mass is 164 g/mol. The highest BCUT2D eigenvalue weighted by Gasteiger charge is 1.92. The fourth-order valence-corrected chi connectivity index (χ4v) is 0.613. The molecule has 1 unspecified atom stereocenters. The van der Waals surface area contributed by atoms with Crippen LogP contribution in [-0.4, -0.2) is 29.5 Å². The molecule has 0 saturated carbocycles. The van der Waals surface area contributed by atoms with Gasteiger partial charge in [-0.2, -0.15) is 0 Å². The van der Waals surface area contributed by atoms with E-state index in [9.17, 15) is 0 Å². The predicted octanol–water partition coefficient (Wildman–Crippen LogP) is 0.0912. The molecule has 11 heavy (non-hydrogen) atoms. The predicted molar refractivity (Wildman–Crippen MR) is 45.4 cm³/mol. The molecule has 0 rings (SSSR count). The van der Waals surface area contributed by atoms with Gasteiger partial charge in [0.1, 0.15) is 0 Å². The lowest BCUT2D eigenvalue weighted by atomic mass is 10.3. The Bertz CT molecular complexity index is 60.4. The molecule has 0 heterocycles. The van der Waals surface area contributed by atoms with Crippen LogP contribution in [0, 0.1) is 0 Å². The fraction of sp³-hybridized carbons (Fsp3) is 1.00. The maximum absolute atomic E-state index is 8.81. The number of aliphatic hydroxyl groups is 1. The third-order valence-electron chi connectivity index (χ3n) is 1.17. The van der Waals surface area contributed by atoms with E-state index in [4.69, 9.17) is 10.3 Å². The van der Waals surface area contributed by atoms with Crippen LogP contribution in [0.2, 0.25) is 0 Å². The van der Waals surface area contributed by atoms with Crippen molar-refractivity contribution in [1.82, 2.24) is 5.32 Å². The van der Waals surface area contributed by atoms with Gasteiger partial charge in [0, 0.05) is 0 Å². The first kappa shape index (κ1) is 13.4. The van der Waals surface area contributed by atoms with Crippen LogP contribution in [0.3, 0.4) is 0 Å². The van der Waals surface area contributed by atoms with E-state index in [0.717, 1.165) is 19.5 Å². The maximum Gasteiger partial charge on any atom is 0.0524 e. The summed E-state index contributed by atoms with van der Waals surface area (Å²) in [5, 5.41) is 18.5. The number of nitrogens with two attached hydrogens (primary N) is 1. The highest BCUT2D eigenvalue weighted by Crippen LogP contribution is 1.85. The van der Waals surface area contributed by atoms with Gasteiger partial charge >= 0.3 is 0 Å². The Hall–Kier alpha value is -0.160. The van der Waals surface area contributed by atoms with Gasteiger partial charge in [-0.25, -0.2) is 5.90 Å². The second-order valence-corrected chi connectivity index (χ2v) is 2.39. The summed E-state index contributed by atoms with van der Waals surface area (Å²) in [6.45, 7) is 5.95. The summed E-state index contributed by atoms with van der Waals surface area (Å²) in [6, 6.07) is 0. The zero-order valence-electron chi connectivity index (χ0n) is 7.38. The van der Waals surface area contributed by atoms with Crippen molar-refractivity contribution >= 4 is 0 Å². The summed E-state index contributed by atoms with van der Waals surface area (Å²) in [6.07, 6.45) is 1.87. The molecule has 0 aromatic carbocycles. The second-order valence-electron chi connectivity index (χ2n) is 2.39.